The summed E-state index contributed by atoms with van der Waals surface area (Å²) in [5, 5.41) is 2.92. The summed E-state index contributed by atoms with van der Waals surface area (Å²) < 4.78 is 12.6. The molecule has 0 spiro atoms. The molecule has 0 atom stereocenters. The smallest absolute Gasteiger partial charge is 0.246 e. The molecule has 8 nitrogen and oxygen atoms in total. The summed E-state index contributed by atoms with van der Waals surface area (Å²) in [6.45, 7) is 8.53. The average molecular weight is 493 g/mol. The summed E-state index contributed by atoms with van der Waals surface area (Å²) in [4.78, 5) is 32.3. The quantitative estimate of drug-likeness (QED) is 0.406. The Hall–Kier alpha value is -3.81. The van der Waals surface area contributed by atoms with E-state index < -0.39 is 0 Å². The fourth-order valence-electron chi connectivity index (χ4n) is 3.90. The number of amides is 2. The first kappa shape index (κ1) is 26.8. The lowest BCUT2D eigenvalue weighted by Gasteiger charge is -2.25. The number of carbonyl (C=O) groups excluding carboxylic acids is 2. The molecule has 0 fully saturated rings. The normalized spacial score (nSPS) is 11.0. The molecule has 2 aromatic carbocycles. The lowest BCUT2D eigenvalue weighted by molar-refractivity contribution is -0.135. The van der Waals surface area contributed by atoms with Crippen LogP contribution in [0.1, 0.15) is 34.1 Å². The van der Waals surface area contributed by atoms with Gasteiger partial charge in [-0.1, -0.05) is 58.0 Å². The van der Waals surface area contributed by atoms with Crippen molar-refractivity contribution in [3.05, 3.63) is 54.7 Å². The summed E-state index contributed by atoms with van der Waals surface area (Å²) in [6.07, 6.45) is 2.26. The molecule has 8 heteroatoms. The number of hydrogen-bond donors (Lipinski definition) is 1. The van der Waals surface area contributed by atoms with Crippen LogP contribution in [0.15, 0.2) is 54.7 Å². The number of imidazole rings is 1. The van der Waals surface area contributed by atoms with E-state index in [2.05, 4.69) is 5.32 Å². The SMILES string of the molecule is COc1ccc(-n2cc(-c3ccccc3)nc2NC(=O)CN(CC(C)C)C(=O)CC(C)C)cc1OC. The van der Waals surface area contributed by atoms with E-state index in [0.717, 1.165) is 11.3 Å². The largest absolute Gasteiger partial charge is 0.493 e. The zero-order valence-electron chi connectivity index (χ0n) is 21.9. The van der Waals surface area contributed by atoms with E-state index in [1.165, 1.54) is 0 Å². The van der Waals surface area contributed by atoms with E-state index in [9.17, 15) is 9.59 Å². The summed E-state index contributed by atoms with van der Waals surface area (Å²) in [5.41, 5.74) is 2.36. The van der Waals surface area contributed by atoms with Crippen LogP contribution in [0.2, 0.25) is 0 Å². The minimum Gasteiger partial charge on any atom is -0.493 e. The highest BCUT2D eigenvalue weighted by molar-refractivity contribution is 5.94. The average Bonchev–Trinajstić information content (AvgIpc) is 3.26. The van der Waals surface area contributed by atoms with Crippen molar-refractivity contribution in [1.82, 2.24) is 14.5 Å². The zero-order valence-corrected chi connectivity index (χ0v) is 21.9. The van der Waals surface area contributed by atoms with Gasteiger partial charge in [-0.3, -0.25) is 19.5 Å². The Balaban J connectivity index is 1.94. The van der Waals surface area contributed by atoms with Crippen molar-refractivity contribution >= 4 is 17.8 Å². The van der Waals surface area contributed by atoms with Crippen LogP contribution in [-0.2, 0) is 9.59 Å². The van der Waals surface area contributed by atoms with Crippen LogP contribution in [0.5, 0.6) is 11.5 Å². The van der Waals surface area contributed by atoms with Crippen molar-refractivity contribution in [3.63, 3.8) is 0 Å². The van der Waals surface area contributed by atoms with Crippen LogP contribution in [-0.4, -0.2) is 53.6 Å². The number of aromatic nitrogens is 2. The van der Waals surface area contributed by atoms with Crippen LogP contribution >= 0.6 is 0 Å². The molecular weight excluding hydrogens is 456 g/mol. The minimum atomic E-state index is -0.306. The number of hydrogen-bond acceptors (Lipinski definition) is 5. The monoisotopic (exact) mass is 492 g/mol. The van der Waals surface area contributed by atoms with Crippen molar-refractivity contribution in [2.45, 2.75) is 34.1 Å². The van der Waals surface area contributed by atoms with Gasteiger partial charge >= 0.3 is 0 Å². The number of methoxy groups -OCH3 is 2. The predicted octanol–water partition coefficient (Wildman–Crippen LogP) is 5.03. The van der Waals surface area contributed by atoms with Crippen molar-refractivity contribution in [3.8, 4) is 28.4 Å². The van der Waals surface area contributed by atoms with E-state index in [1.807, 2.05) is 76.4 Å². The molecule has 36 heavy (non-hydrogen) atoms. The second kappa shape index (κ2) is 12.2. The number of nitrogens with zero attached hydrogens (tertiary/aromatic N) is 3. The molecule has 3 aromatic rings. The molecule has 2 amide bonds. The lowest BCUT2D eigenvalue weighted by Crippen LogP contribution is -2.40. The van der Waals surface area contributed by atoms with Crippen LogP contribution in [0, 0.1) is 11.8 Å². The van der Waals surface area contributed by atoms with Gasteiger partial charge in [-0.15, -0.1) is 0 Å². The van der Waals surface area contributed by atoms with Crippen molar-refractivity contribution in [1.29, 1.82) is 0 Å². The molecule has 0 radical (unpaired) electrons. The van der Waals surface area contributed by atoms with Crippen LogP contribution in [0.3, 0.4) is 0 Å². The third-order valence-corrected chi connectivity index (χ3v) is 5.53. The Morgan fingerprint density at radius 3 is 2.28 bits per heavy atom. The maximum Gasteiger partial charge on any atom is 0.246 e. The first-order valence-corrected chi connectivity index (χ1v) is 12.2. The van der Waals surface area contributed by atoms with Crippen molar-refractivity contribution in [2.75, 3.05) is 32.6 Å². The molecule has 0 bridgehead atoms. The molecule has 0 aliphatic rings. The van der Waals surface area contributed by atoms with Crippen molar-refractivity contribution in [2.24, 2.45) is 11.8 Å². The maximum absolute atomic E-state index is 13.1. The van der Waals surface area contributed by atoms with Gasteiger partial charge in [0.2, 0.25) is 17.8 Å². The molecule has 1 aromatic heterocycles. The van der Waals surface area contributed by atoms with Gasteiger partial charge in [0.15, 0.2) is 11.5 Å². The summed E-state index contributed by atoms with van der Waals surface area (Å²) in [7, 11) is 3.16. The Morgan fingerprint density at radius 1 is 0.972 bits per heavy atom. The Kier molecular flexibility index (Phi) is 9.11. The fraction of sp³-hybridized carbons (Fsp3) is 0.393. The van der Waals surface area contributed by atoms with Gasteiger partial charge < -0.3 is 14.4 Å². The molecular formula is C28H36N4O4. The number of carbonyl (C=O) groups is 2. The molecule has 0 saturated heterocycles. The minimum absolute atomic E-state index is 0.0259. The second-order valence-electron chi connectivity index (χ2n) is 9.54. The Bertz CT molecular complexity index is 1170. The molecule has 192 valence electrons. The molecule has 1 N–H and O–H groups in total. The highest BCUT2D eigenvalue weighted by Gasteiger charge is 2.21. The number of benzene rings is 2. The van der Waals surface area contributed by atoms with E-state index in [1.54, 1.807) is 29.8 Å². The van der Waals surface area contributed by atoms with Crippen molar-refractivity contribution < 1.29 is 19.1 Å². The Morgan fingerprint density at radius 2 is 1.67 bits per heavy atom. The summed E-state index contributed by atoms with van der Waals surface area (Å²) in [6, 6.07) is 15.2. The van der Waals surface area contributed by atoms with Gasteiger partial charge in [-0.05, 0) is 24.0 Å². The predicted molar refractivity (Wildman–Crippen MR) is 142 cm³/mol. The highest BCUT2D eigenvalue weighted by Crippen LogP contribution is 2.31. The van der Waals surface area contributed by atoms with Gasteiger partial charge in [0, 0.05) is 30.8 Å². The van der Waals surface area contributed by atoms with E-state index >= 15 is 0 Å². The molecule has 1 heterocycles. The van der Waals surface area contributed by atoms with Gasteiger partial charge in [0.05, 0.1) is 32.1 Å². The Labute approximate surface area is 213 Å². The standard InChI is InChI=1S/C28H36N4O4/c1-19(2)14-27(34)31(16-20(3)4)18-26(33)30-28-29-23(21-10-8-7-9-11-21)17-32(28)22-12-13-24(35-5)25(15-22)36-6/h7-13,15,17,19-20H,14,16,18H2,1-6H3,(H,29,30,33). The zero-order chi connectivity index (χ0) is 26.2. The fourth-order valence-corrected chi connectivity index (χ4v) is 3.90. The maximum atomic E-state index is 13.1. The summed E-state index contributed by atoms with van der Waals surface area (Å²) >= 11 is 0. The van der Waals surface area contributed by atoms with Gasteiger partial charge in [0.1, 0.15) is 0 Å². The van der Waals surface area contributed by atoms with Crippen LogP contribution < -0.4 is 14.8 Å². The van der Waals surface area contributed by atoms with E-state index in [4.69, 9.17) is 14.5 Å². The van der Waals surface area contributed by atoms with Crippen LogP contribution in [0.4, 0.5) is 5.95 Å². The lowest BCUT2D eigenvalue weighted by atomic mass is 10.1. The number of anilines is 1. The first-order valence-electron chi connectivity index (χ1n) is 12.2. The second-order valence-corrected chi connectivity index (χ2v) is 9.54. The van der Waals surface area contributed by atoms with E-state index in [0.29, 0.717) is 36.1 Å². The third kappa shape index (κ3) is 6.87. The van der Waals surface area contributed by atoms with Gasteiger partial charge in [-0.2, -0.15) is 0 Å². The molecule has 3 rings (SSSR count). The number of nitrogens with one attached hydrogen (secondary N) is 1. The molecule has 0 saturated carbocycles. The number of ether oxygens (including phenoxy) is 2. The molecule has 0 aliphatic carbocycles. The highest BCUT2D eigenvalue weighted by atomic mass is 16.5. The molecule has 0 unspecified atom stereocenters. The van der Waals surface area contributed by atoms with E-state index in [-0.39, 0.29) is 30.2 Å². The summed E-state index contributed by atoms with van der Waals surface area (Å²) in [5.74, 6) is 1.64. The van der Waals surface area contributed by atoms with Crippen LogP contribution in [0.25, 0.3) is 16.9 Å². The van der Waals surface area contributed by atoms with Gasteiger partial charge in [-0.25, -0.2) is 4.98 Å². The molecule has 0 aliphatic heterocycles. The van der Waals surface area contributed by atoms with Gasteiger partial charge in [0.25, 0.3) is 0 Å². The first-order chi connectivity index (χ1) is 17.2. The topological polar surface area (TPSA) is 85.7 Å². The third-order valence-electron chi connectivity index (χ3n) is 5.53. The number of rotatable bonds is 11.